The standard InChI is InChI=1S/C13H22N2O2S3/c1-3-20(16,17)12-9-18-7-5-15(12)11(8-14)13-10(2)4-6-19-13/h4,6,11-12H,3,5,7-9,14H2,1-2H3. The van der Waals surface area contributed by atoms with Crippen molar-refractivity contribution in [3.8, 4) is 0 Å². The summed E-state index contributed by atoms with van der Waals surface area (Å²) < 4.78 is 24.7. The molecule has 2 N–H and O–H groups in total. The van der Waals surface area contributed by atoms with Crippen LogP contribution in [0, 0.1) is 6.92 Å². The van der Waals surface area contributed by atoms with Crippen molar-refractivity contribution in [3.05, 3.63) is 21.9 Å². The molecule has 0 bridgehead atoms. The van der Waals surface area contributed by atoms with Gasteiger partial charge in [0.15, 0.2) is 9.84 Å². The number of hydrogen-bond acceptors (Lipinski definition) is 6. The number of sulfone groups is 1. The third kappa shape index (κ3) is 3.22. The average Bonchev–Trinajstić information content (AvgIpc) is 2.87. The molecule has 0 spiro atoms. The van der Waals surface area contributed by atoms with Gasteiger partial charge >= 0.3 is 0 Å². The van der Waals surface area contributed by atoms with E-state index in [1.807, 2.05) is 0 Å². The predicted molar refractivity (Wildman–Crippen MR) is 88.1 cm³/mol. The van der Waals surface area contributed by atoms with Crippen LogP contribution in [-0.4, -0.2) is 49.0 Å². The molecule has 2 heterocycles. The first-order valence-corrected chi connectivity index (χ1v) is 10.5. The zero-order chi connectivity index (χ0) is 14.8. The summed E-state index contributed by atoms with van der Waals surface area (Å²) in [4.78, 5) is 3.31. The molecule has 2 unspecified atom stereocenters. The maximum atomic E-state index is 12.3. The van der Waals surface area contributed by atoms with Gasteiger partial charge in [-0.2, -0.15) is 11.8 Å². The largest absolute Gasteiger partial charge is 0.329 e. The van der Waals surface area contributed by atoms with Crippen LogP contribution in [0.25, 0.3) is 0 Å². The van der Waals surface area contributed by atoms with Crippen LogP contribution in [0.3, 0.4) is 0 Å². The highest BCUT2D eigenvalue weighted by atomic mass is 32.2. The van der Waals surface area contributed by atoms with Gasteiger partial charge in [0.2, 0.25) is 0 Å². The zero-order valence-corrected chi connectivity index (χ0v) is 14.4. The van der Waals surface area contributed by atoms with Crippen molar-refractivity contribution in [3.63, 3.8) is 0 Å². The van der Waals surface area contributed by atoms with E-state index in [9.17, 15) is 8.42 Å². The smallest absolute Gasteiger partial charge is 0.166 e. The molecule has 1 aromatic rings. The minimum atomic E-state index is -3.08. The Hall–Kier alpha value is -0.0800. The summed E-state index contributed by atoms with van der Waals surface area (Å²) in [5, 5.41) is 1.65. The molecule has 1 aliphatic heterocycles. The van der Waals surface area contributed by atoms with E-state index in [1.54, 1.807) is 30.0 Å². The lowest BCUT2D eigenvalue weighted by atomic mass is 10.1. The zero-order valence-electron chi connectivity index (χ0n) is 11.9. The van der Waals surface area contributed by atoms with Gasteiger partial charge in [0.05, 0.1) is 6.04 Å². The van der Waals surface area contributed by atoms with Crippen LogP contribution in [0.1, 0.15) is 23.4 Å². The molecule has 0 radical (unpaired) electrons. The number of aryl methyl sites for hydroxylation is 1. The Labute approximate surface area is 129 Å². The molecule has 1 aliphatic rings. The highest BCUT2D eigenvalue weighted by Gasteiger charge is 2.37. The van der Waals surface area contributed by atoms with E-state index < -0.39 is 15.2 Å². The molecule has 0 aromatic carbocycles. The molecule has 2 rings (SSSR count). The number of rotatable bonds is 5. The maximum Gasteiger partial charge on any atom is 0.166 e. The molecule has 2 atom stereocenters. The Balaban J connectivity index is 2.33. The molecule has 4 nitrogen and oxygen atoms in total. The molecule has 0 saturated carbocycles. The number of nitrogens with zero attached hydrogens (tertiary/aromatic N) is 1. The summed E-state index contributed by atoms with van der Waals surface area (Å²) >= 11 is 3.39. The van der Waals surface area contributed by atoms with Crippen molar-refractivity contribution in [1.29, 1.82) is 0 Å². The summed E-state index contributed by atoms with van der Waals surface area (Å²) in [6.45, 7) is 5.03. The lowest BCUT2D eigenvalue weighted by molar-refractivity contribution is 0.200. The van der Waals surface area contributed by atoms with Gasteiger partial charge in [-0.3, -0.25) is 4.90 Å². The van der Waals surface area contributed by atoms with E-state index in [4.69, 9.17) is 5.73 Å². The fourth-order valence-corrected chi connectivity index (χ4v) is 6.70. The molecular formula is C13H22N2O2S3. The van der Waals surface area contributed by atoms with Gasteiger partial charge in [0.1, 0.15) is 5.37 Å². The van der Waals surface area contributed by atoms with E-state index in [0.29, 0.717) is 12.3 Å². The number of hydrogen-bond donors (Lipinski definition) is 1. The van der Waals surface area contributed by atoms with Gasteiger partial charge in [-0.25, -0.2) is 8.42 Å². The molecule has 1 fully saturated rings. The van der Waals surface area contributed by atoms with E-state index in [-0.39, 0.29) is 11.8 Å². The summed E-state index contributed by atoms with van der Waals surface area (Å²) in [6.07, 6.45) is 0. The molecule has 1 aromatic heterocycles. The average molecular weight is 335 g/mol. The Morgan fingerprint density at radius 1 is 1.55 bits per heavy atom. The van der Waals surface area contributed by atoms with Crippen molar-refractivity contribution in [1.82, 2.24) is 4.90 Å². The minimum Gasteiger partial charge on any atom is -0.329 e. The quantitative estimate of drug-likeness (QED) is 0.890. The van der Waals surface area contributed by atoms with E-state index in [0.717, 1.165) is 12.3 Å². The van der Waals surface area contributed by atoms with Gasteiger partial charge in [-0.15, -0.1) is 11.3 Å². The first-order valence-electron chi connectivity index (χ1n) is 6.80. The third-order valence-corrected chi connectivity index (χ3v) is 8.19. The minimum absolute atomic E-state index is 0.0159. The van der Waals surface area contributed by atoms with Gasteiger partial charge in [-0.1, -0.05) is 6.92 Å². The fourth-order valence-electron chi connectivity index (χ4n) is 2.57. The Bertz CT molecular complexity index is 542. The van der Waals surface area contributed by atoms with Crippen molar-refractivity contribution >= 4 is 32.9 Å². The predicted octanol–water partition coefficient (Wildman–Crippen LogP) is 1.87. The first-order chi connectivity index (χ1) is 9.51. The van der Waals surface area contributed by atoms with Crippen molar-refractivity contribution in [2.24, 2.45) is 5.73 Å². The Kier molecular flexibility index (Phi) is 5.53. The summed E-state index contributed by atoms with van der Waals surface area (Å²) in [5.74, 6) is 1.81. The summed E-state index contributed by atoms with van der Waals surface area (Å²) in [7, 11) is -3.08. The van der Waals surface area contributed by atoms with Crippen molar-refractivity contribution in [2.45, 2.75) is 25.3 Å². The molecule has 114 valence electrons. The van der Waals surface area contributed by atoms with Crippen LogP contribution in [0.2, 0.25) is 0 Å². The van der Waals surface area contributed by atoms with Gasteiger partial charge in [-0.05, 0) is 23.9 Å². The van der Waals surface area contributed by atoms with E-state index in [1.165, 1.54) is 10.4 Å². The Morgan fingerprint density at radius 2 is 2.30 bits per heavy atom. The fraction of sp³-hybridized carbons (Fsp3) is 0.692. The molecule has 0 aliphatic carbocycles. The monoisotopic (exact) mass is 334 g/mol. The molecule has 1 saturated heterocycles. The highest BCUT2D eigenvalue weighted by Crippen LogP contribution is 2.34. The summed E-state index contributed by atoms with van der Waals surface area (Å²) in [6, 6.07) is 2.09. The van der Waals surface area contributed by atoms with Gasteiger partial charge in [0.25, 0.3) is 0 Å². The second-order valence-electron chi connectivity index (χ2n) is 4.94. The van der Waals surface area contributed by atoms with Crippen LogP contribution in [0.4, 0.5) is 0 Å². The van der Waals surface area contributed by atoms with Gasteiger partial charge < -0.3 is 5.73 Å². The first kappa shape index (κ1) is 16.3. The van der Waals surface area contributed by atoms with Crippen molar-refractivity contribution < 1.29 is 8.42 Å². The number of thiophene rings is 1. The number of nitrogens with two attached hydrogens (primary N) is 1. The lowest BCUT2D eigenvalue weighted by Gasteiger charge is -2.39. The van der Waals surface area contributed by atoms with Crippen LogP contribution in [0.5, 0.6) is 0 Å². The topological polar surface area (TPSA) is 63.4 Å². The van der Waals surface area contributed by atoms with Gasteiger partial charge in [0, 0.05) is 35.2 Å². The van der Waals surface area contributed by atoms with Crippen molar-refractivity contribution in [2.75, 3.05) is 30.3 Å². The molecule has 0 amide bonds. The van der Waals surface area contributed by atoms with Crippen LogP contribution >= 0.6 is 23.1 Å². The molecular weight excluding hydrogens is 312 g/mol. The number of thioether (sulfide) groups is 1. The van der Waals surface area contributed by atoms with Crippen LogP contribution in [-0.2, 0) is 9.84 Å². The van der Waals surface area contributed by atoms with E-state index in [2.05, 4.69) is 23.3 Å². The SMILES string of the molecule is CCS(=O)(=O)C1CSCCN1C(CN)c1sccc1C. The second kappa shape index (κ2) is 6.79. The van der Waals surface area contributed by atoms with Crippen LogP contribution in [0.15, 0.2) is 11.4 Å². The van der Waals surface area contributed by atoms with E-state index >= 15 is 0 Å². The lowest BCUT2D eigenvalue weighted by Crippen LogP contribution is -2.50. The second-order valence-corrected chi connectivity index (χ2v) is 9.48. The normalized spacial score (nSPS) is 22.9. The Morgan fingerprint density at radius 3 is 2.85 bits per heavy atom. The molecule has 20 heavy (non-hydrogen) atoms. The highest BCUT2D eigenvalue weighted by molar-refractivity contribution is 8.01. The maximum absolute atomic E-state index is 12.3. The van der Waals surface area contributed by atoms with Crippen LogP contribution < -0.4 is 5.73 Å². The molecule has 7 heteroatoms. The third-order valence-electron chi connectivity index (χ3n) is 3.77. The summed E-state index contributed by atoms with van der Waals surface area (Å²) in [5.41, 5.74) is 7.18.